The van der Waals surface area contributed by atoms with Crippen molar-refractivity contribution in [1.82, 2.24) is 10.1 Å². The highest BCUT2D eigenvalue weighted by molar-refractivity contribution is 7.93. The van der Waals surface area contributed by atoms with Crippen LogP contribution >= 0.6 is 11.3 Å². The van der Waals surface area contributed by atoms with Gasteiger partial charge in [-0.25, -0.2) is 21.8 Å². The van der Waals surface area contributed by atoms with E-state index in [1.165, 1.54) is 39.0 Å². The number of sulfone groups is 2. The Morgan fingerprint density at radius 1 is 0.833 bits per heavy atom. The van der Waals surface area contributed by atoms with Gasteiger partial charge in [0.1, 0.15) is 9.49 Å². The maximum absolute atomic E-state index is 12.3. The lowest BCUT2D eigenvalue weighted by Crippen LogP contribution is -2.45. The number of nitrogens with one attached hydrogen (secondary N) is 2. The smallest absolute Gasteiger partial charge is 0.247 e. The van der Waals surface area contributed by atoms with Gasteiger partial charge in [0.05, 0.1) is 27.4 Å². The number of hydrogen-bond acceptors (Lipinski definition) is 10. The van der Waals surface area contributed by atoms with Gasteiger partial charge in [-0.3, -0.25) is 14.9 Å². The summed E-state index contributed by atoms with van der Waals surface area (Å²) in [6.07, 6.45) is 0.954. The van der Waals surface area contributed by atoms with Gasteiger partial charge in [0, 0.05) is 11.5 Å². The summed E-state index contributed by atoms with van der Waals surface area (Å²) < 4.78 is 51.7. The number of anilines is 2. The zero-order chi connectivity index (χ0) is 32.1. The first-order valence-corrected chi connectivity index (χ1v) is 17.7. The Labute approximate surface area is 252 Å². The van der Waals surface area contributed by atoms with Crippen LogP contribution in [-0.2, 0) is 34.7 Å². The normalized spacial score (nSPS) is 12.9. The molecular formula is C28H42N4O7S3. The molecule has 0 saturated carbocycles. The number of fused-ring (bicyclic) bond motifs is 1. The van der Waals surface area contributed by atoms with Crippen LogP contribution in [0.15, 0.2) is 34.9 Å². The number of thiazole rings is 1. The van der Waals surface area contributed by atoms with E-state index in [0.717, 1.165) is 10.2 Å². The van der Waals surface area contributed by atoms with Crippen LogP contribution in [0.25, 0.3) is 10.2 Å². The summed E-state index contributed by atoms with van der Waals surface area (Å²) in [5.41, 5.74) is 1.26. The topological polar surface area (TPSA) is 165 Å². The highest BCUT2D eigenvalue weighted by atomic mass is 32.2. The van der Waals surface area contributed by atoms with E-state index in [4.69, 9.17) is 4.52 Å². The fourth-order valence-electron chi connectivity index (χ4n) is 3.45. The van der Waals surface area contributed by atoms with Gasteiger partial charge in [-0.05, 0) is 52.7 Å². The lowest BCUT2D eigenvalue weighted by atomic mass is 9.92. The molecule has 0 atom stereocenters. The molecular weight excluding hydrogens is 601 g/mol. The van der Waals surface area contributed by atoms with Crippen molar-refractivity contribution in [3.05, 3.63) is 36.0 Å². The van der Waals surface area contributed by atoms with Gasteiger partial charge in [0.15, 0.2) is 24.8 Å². The predicted octanol–water partition coefficient (Wildman–Crippen LogP) is 5.35. The van der Waals surface area contributed by atoms with E-state index in [9.17, 15) is 26.4 Å². The second-order valence-corrected chi connectivity index (χ2v) is 18.2. The number of hydrogen-bond donors (Lipinski definition) is 2. The van der Waals surface area contributed by atoms with Crippen LogP contribution < -0.4 is 10.6 Å². The van der Waals surface area contributed by atoms with Crippen LogP contribution in [0.3, 0.4) is 0 Å². The summed E-state index contributed by atoms with van der Waals surface area (Å²) >= 11 is 1.33. The zero-order valence-electron chi connectivity index (χ0n) is 25.7. The number of carbonyl (C=O) groups excluding carboxylic acids is 2. The van der Waals surface area contributed by atoms with Crippen LogP contribution in [0.5, 0.6) is 0 Å². The monoisotopic (exact) mass is 642 g/mol. The minimum Gasteiger partial charge on any atom is -0.338 e. The molecule has 0 fully saturated rings. The maximum Gasteiger partial charge on any atom is 0.247 e. The van der Waals surface area contributed by atoms with Crippen molar-refractivity contribution in [2.24, 2.45) is 0 Å². The Kier molecular flexibility index (Phi) is 11.1. The third kappa shape index (κ3) is 8.16. The Bertz CT molecular complexity index is 1580. The van der Waals surface area contributed by atoms with E-state index < -0.39 is 41.0 Å². The SMILES string of the molecule is CCCS(=O)(=O)C(C)(C)C(=O)Nc1cc(C(C)(C)C)no1.CCCS(=O)(=O)C(C)(C)C(=O)Nc1nc2ccccc2s1. The maximum atomic E-state index is 12.3. The van der Waals surface area contributed by atoms with Crippen LogP contribution in [0.1, 0.15) is 80.8 Å². The molecule has 234 valence electrons. The van der Waals surface area contributed by atoms with Crippen molar-refractivity contribution in [1.29, 1.82) is 0 Å². The minimum atomic E-state index is -3.52. The van der Waals surface area contributed by atoms with Gasteiger partial charge in [0.25, 0.3) is 0 Å². The number of para-hydroxylation sites is 1. The third-order valence-electron chi connectivity index (χ3n) is 6.62. The summed E-state index contributed by atoms with van der Waals surface area (Å²) in [6.45, 7) is 15.1. The minimum absolute atomic E-state index is 0.00668. The summed E-state index contributed by atoms with van der Waals surface area (Å²) in [6, 6.07) is 9.12. The van der Waals surface area contributed by atoms with Gasteiger partial charge in [0.2, 0.25) is 17.7 Å². The van der Waals surface area contributed by atoms with E-state index in [-0.39, 0.29) is 22.8 Å². The molecule has 2 N–H and O–H groups in total. The van der Waals surface area contributed by atoms with E-state index >= 15 is 0 Å². The number of nitrogens with zero attached hydrogens (tertiary/aromatic N) is 2. The molecule has 0 radical (unpaired) electrons. The third-order valence-corrected chi connectivity index (χ3v) is 12.9. The number of carbonyl (C=O) groups is 2. The molecule has 0 bridgehead atoms. The lowest BCUT2D eigenvalue weighted by molar-refractivity contribution is -0.118. The summed E-state index contributed by atoms with van der Waals surface area (Å²) in [7, 11) is -7.02. The Hall–Kier alpha value is -2.84. The van der Waals surface area contributed by atoms with Gasteiger partial charge >= 0.3 is 0 Å². The highest BCUT2D eigenvalue weighted by Crippen LogP contribution is 2.28. The molecule has 0 unspecified atom stereocenters. The number of rotatable bonds is 10. The standard InChI is InChI=1S/C14H24N2O4S.C14H18N2O3S2/c1-7-8-21(18,19)14(5,6)12(17)15-11-9-10(16-20-11)13(2,3)4;1-4-9-21(18,19)14(2,3)12(17)16-13-15-10-7-5-6-8-11(10)20-13/h9H,7-8H2,1-6H3,(H,15,17);5-8H,4,9H2,1-3H3,(H,15,16,17). The first-order valence-electron chi connectivity index (χ1n) is 13.6. The van der Waals surface area contributed by atoms with Crippen LogP contribution in [-0.4, -0.2) is 59.8 Å². The van der Waals surface area contributed by atoms with Gasteiger partial charge in [-0.2, -0.15) is 0 Å². The summed E-state index contributed by atoms with van der Waals surface area (Å²) in [4.78, 5) is 28.8. The molecule has 3 aromatic rings. The van der Waals surface area contributed by atoms with Crippen molar-refractivity contribution in [3.63, 3.8) is 0 Å². The molecule has 0 aliphatic rings. The van der Waals surface area contributed by atoms with Crippen LogP contribution in [0, 0.1) is 0 Å². The summed E-state index contributed by atoms with van der Waals surface area (Å²) in [5, 5.41) is 9.42. The van der Waals surface area contributed by atoms with E-state index in [1.807, 2.05) is 45.0 Å². The van der Waals surface area contributed by atoms with E-state index in [2.05, 4.69) is 20.8 Å². The molecule has 2 aromatic heterocycles. The molecule has 1 aromatic carbocycles. The second kappa shape index (κ2) is 13.2. The fourth-order valence-corrected chi connectivity index (χ4v) is 7.08. The van der Waals surface area contributed by atoms with Crippen molar-refractivity contribution in [2.75, 3.05) is 22.1 Å². The molecule has 0 aliphatic carbocycles. The molecule has 2 amide bonds. The molecule has 3 rings (SSSR count). The number of benzene rings is 1. The molecule has 11 nitrogen and oxygen atoms in total. The molecule has 0 spiro atoms. The fraction of sp³-hybridized carbons (Fsp3) is 0.571. The van der Waals surface area contributed by atoms with Crippen molar-refractivity contribution in [3.8, 4) is 0 Å². The zero-order valence-corrected chi connectivity index (χ0v) is 28.1. The van der Waals surface area contributed by atoms with Gasteiger partial charge in [-0.15, -0.1) is 0 Å². The predicted molar refractivity (Wildman–Crippen MR) is 168 cm³/mol. The quantitative estimate of drug-likeness (QED) is 0.296. The average Bonchev–Trinajstić information content (AvgIpc) is 3.50. The Balaban J connectivity index is 0.000000293. The molecule has 0 aliphatic heterocycles. The summed E-state index contributed by atoms with van der Waals surface area (Å²) in [5.74, 6) is -1.04. The molecule has 14 heteroatoms. The van der Waals surface area contributed by atoms with Gasteiger partial charge < -0.3 is 9.84 Å². The molecule has 2 heterocycles. The molecule has 0 saturated heterocycles. The Morgan fingerprint density at radius 2 is 1.33 bits per heavy atom. The molecule has 42 heavy (non-hydrogen) atoms. The van der Waals surface area contributed by atoms with Crippen molar-refractivity contribution >= 4 is 64.1 Å². The highest BCUT2D eigenvalue weighted by Gasteiger charge is 2.42. The second-order valence-electron chi connectivity index (χ2n) is 11.9. The number of aromatic nitrogens is 2. The first kappa shape index (κ1) is 35.4. The van der Waals surface area contributed by atoms with Gasteiger partial charge in [-0.1, -0.05) is 63.2 Å². The average molecular weight is 643 g/mol. The van der Waals surface area contributed by atoms with E-state index in [1.54, 1.807) is 19.9 Å². The van der Waals surface area contributed by atoms with Crippen molar-refractivity contribution < 1.29 is 30.9 Å². The Morgan fingerprint density at radius 3 is 1.79 bits per heavy atom. The largest absolute Gasteiger partial charge is 0.338 e. The van der Waals surface area contributed by atoms with Crippen LogP contribution in [0.2, 0.25) is 0 Å². The van der Waals surface area contributed by atoms with E-state index in [0.29, 0.717) is 23.7 Å². The van der Waals surface area contributed by atoms with Crippen molar-refractivity contribution in [2.45, 2.75) is 90.1 Å². The lowest BCUT2D eigenvalue weighted by Gasteiger charge is -2.22. The number of amides is 2. The first-order chi connectivity index (χ1) is 19.2. The van der Waals surface area contributed by atoms with Crippen LogP contribution in [0.4, 0.5) is 11.0 Å².